The van der Waals surface area contributed by atoms with E-state index in [9.17, 15) is 9.18 Å². The highest BCUT2D eigenvalue weighted by molar-refractivity contribution is 5.98. The number of halogens is 1. The Morgan fingerprint density at radius 3 is 2.97 bits per heavy atom. The van der Waals surface area contributed by atoms with E-state index in [0.717, 1.165) is 18.4 Å². The zero-order valence-corrected chi connectivity index (χ0v) is 19.8. The molecule has 1 atom stereocenters. The molecule has 1 aliphatic rings. The van der Waals surface area contributed by atoms with Gasteiger partial charge in [0.1, 0.15) is 23.7 Å². The predicted molar refractivity (Wildman–Crippen MR) is 124 cm³/mol. The molecule has 0 unspecified atom stereocenters. The number of aromatic nitrogens is 4. The molecule has 3 N–H and O–H groups in total. The van der Waals surface area contributed by atoms with Gasteiger partial charge in [-0.05, 0) is 39.3 Å². The molecule has 1 aliphatic heterocycles. The number of hydrogen-bond donors (Lipinski definition) is 2. The Morgan fingerprint density at radius 2 is 2.21 bits per heavy atom. The summed E-state index contributed by atoms with van der Waals surface area (Å²) in [4.78, 5) is 16.5. The number of nitrogens with one attached hydrogen (secondary N) is 1. The molecule has 0 saturated heterocycles. The van der Waals surface area contributed by atoms with Gasteiger partial charge in [0.2, 0.25) is 11.9 Å². The number of amides is 1. The largest absolute Gasteiger partial charge is 0.491 e. The molecular formula is C23H31FN6O4. The molecule has 1 aromatic carbocycles. The minimum absolute atomic E-state index is 0.0667. The van der Waals surface area contributed by atoms with Crippen molar-refractivity contribution in [3.63, 3.8) is 0 Å². The molecule has 0 aliphatic carbocycles. The highest BCUT2D eigenvalue weighted by atomic mass is 19.1. The van der Waals surface area contributed by atoms with E-state index in [1.54, 1.807) is 23.7 Å². The van der Waals surface area contributed by atoms with Crippen molar-refractivity contribution in [2.24, 2.45) is 5.73 Å². The van der Waals surface area contributed by atoms with Gasteiger partial charge < -0.3 is 29.8 Å². The van der Waals surface area contributed by atoms with E-state index in [4.69, 9.17) is 19.9 Å². The first-order chi connectivity index (χ1) is 16.4. The lowest BCUT2D eigenvalue weighted by molar-refractivity contribution is 0.0485. The van der Waals surface area contributed by atoms with Crippen molar-refractivity contribution in [1.29, 1.82) is 0 Å². The van der Waals surface area contributed by atoms with Crippen LogP contribution in [-0.4, -0.2) is 51.3 Å². The van der Waals surface area contributed by atoms with Crippen LogP contribution >= 0.6 is 0 Å². The number of aryl methyl sites for hydroxylation is 3. The van der Waals surface area contributed by atoms with Crippen LogP contribution in [0.3, 0.4) is 0 Å². The second-order valence-corrected chi connectivity index (χ2v) is 8.30. The molecule has 0 bridgehead atoms. The zero-order valence-electron chi connectivity index (χ0n) is 19.8. The Kier molecular flexibility index (Phi) is 7.32. The van der Waals surface area contributed by atoms with E-state index in [1.807, 2.05) is 18.4 Å². The molecule has 3 heterocycles. The normalized spacial score (nSPS) is 16.8. The van der Waals surface area contributed by atoms with Crippen molar-refractivity contribution in [3.8, 4) is 5.75 Å². The third-order valence-electron chi connectivity index (χ3n) is 5.83. The number of anilines is 1. The first-order valence-electron chi connectivity index (χ1n) is 11.5. The van der Waals surface area contributed by atoms with Gasteiger partial charge in [0.25, 0.3) is 0 Å². The maximum Gasteiger partial charge on any atom is 0.248 e. The Morgan fingerprint density at radius 1 is 1.38 bits per heavy atom. The summed E-state index contributed by atoms with van der Waals surface area (Å²) in [6.45, 7) is 7.93. The topological polar surface area (TPSA) is 118 Å². The van der Waals surface area contributed by atoms with Gasteiger partial charge in [-0.15, -0.1) is 0 Å². The molecule has 0 fully saturated rings. The SMILES string of the molecule is CCn1nc(C)c(F)c1COCNc1nc2cc(C(N)=O)cc3c2n1CCCO[C@@H](C)CCO3. The Hall–Kier alpha value is -3.18. The molecule has 2 aromatic heterocycles. The predicted octanol–water partition coefficient (Wildman–Crippen LogP) is 2.96. The first-order valence-corrected chi connectivity index (χ1v) is 11.5. The highest BCUT2D eigenvalue weighted by Gasteiger charge is 2.20. The Bertz CT molecular complexity index is 1170. The van der Waals surface area contributed by atoms with Crippen LogP contribution in [0.25, 0.3) is 11.0 Å². The van der Waals surface area contributed by atoms with Crippen molar-refractivity contribution in [2.45, 2.75) is 59.4 Å². The lowest BCUT2D eigenvalue weighted by Gasteiger charge is -2.13. The van der Waals surface area contributed by atoms with Gasteiger partial charge in [0.15, 0.2) is 5.82 Å². The van der Waals surface area contributed by atoms with Crippen LogP contribution in [0.5, 0.6) is 5.75 Å². The number of carbonyl (C=O) groups is 1. The molecular weight excluding hydrogens is 443 g/mol. The summed E-state index contributed by atoms with van der Waals surface area (Å²) in [7, 11) is 0. The zero-order chi connectivity index (χ0) is 24.2. The second-order valence-electron chi connectivity index (χ2n) is 8.30. The smallest absolute Gasteiger partial charge is 0.248 e. The summed E-state index contributed by atoms with van der Waals surface area (Å²) < 4.78 is 35.5. The van der Waals surface area contributed by atoms with Crippen molar-refractivity contribution in [3.05, 3.63) is 34.9 Å². The molecule has 184 valence electrons. The van der Waals surface area contributed by atoms with Gasteiger partial charge in [0.05, 0.1) is 30.5 Å². The summed E-state index contributed by atoms with van der Waals surface area (Å²) in [5.74, 6) is 0.195. The van der Waals surface area contributed by atoms with E-state index < -0.39 is 5.91 Å². The number of imidazole rings is 1. The van der Waals surface area contributed by atoms with Crippen molar-refractivity contribution in [1.82, 2.24) is 19.3 Å². The quantitative estimate of drug-likeness (QED) is 0.399. The van der Waals surface area contributed by atoms with Gasteiger partial charge in [-0.2, -0.15) is 5.10 Å². The fraction of sp³-hybridized carbons (Fsp3) is 0.522. The number of ether oxygens (including phenoxy) is 3. The van der Waals surface area contributed by atoms with Crippen LogP contribution in [0, 0.1) is 12.7 Å². The number of nitrogens with zero attached hydrogens (tertiary/aromatic N) is 4. The van der Waals surface area contributed by atoms with Gasteiger partial charge in [-0.1, -0.05) is 0 Å². The van der Waals surface area contributed by atoms with E-state index in [2.05, 4.69) is 15.4 Å². The Labute approximate surface area is 197 Å². The fourth-order valence-electron chi connectivity index (χ4n) is 4.03. The number of hydrogen-bond acceptors (Lipinski definition) is 7. The van der Waals surface area contributed by atoms with Gasteiger partial charge in [0, 0.05) is 31.7 Å². The van der Waals surface area contributed by atoms with Gasteiger partial charge >= 0.3 is 0 Å². The molecule has 0 saturated carbocycles. The maximum absolute atomic E-state index is 14.3. The van der Waals surface area contributed by atoms with Gasteiger partial charge in [-0.25, -0.2) is 9.37 Å². The maximum atomic E-state index is 14.3. The molecule has 0 radical (unpaired) electrons. The summed E-state index contributed by atoms with van der Waals surface area (Å²) in [6.07, 6.45) is 1.56. The lowest BCUT2D eigenvalue weighted by atomic mass is 10.1. The summed E-state index contributed by atoms with van der Waals surface area (Å²) in [5, 5.41) is 7.34. The number of carbonyl (C=O) groups excluding carboxylic acids is 1. The minimum atomic E-state index is -0.551. The Balaban J connectivity index is 1.58. The minimum Gasteiger partial charge on any atom is -0.491 e. The average Bonchev–Trinajstić information content (AvgIpc) is 3.29. The molecule has 4 rings (SSSR count). The van der Waals surface area contributed by atoms with E-state index in [0.29, 0.717) is 60.5 Å². The van der Waals surface area contributed by atoms with E-state index in [-0.39, 0.29) is 25.3 Å². The fourth-order valence-corrected chi connectivity index (χ4v) is 4.03. The highest BCUT2D eigenvalue weighted by Crippen LogP contribution is 2.31. The average molecular weight is 475 g/mol. The standard InChI is InChI=1S/C23H31FN6O4/c1-4-30-18(20(24)15(3)28-30)12-32-13-26-23-27-17-10-16(22(25)31)11-19-21(17)29(23)7-5-8-33-14(2)6-9-34-19/h10-11,14H,4-9,12-13H2,1-3H3,(H2,25,31)(H,26,27)/t14-/m0/s1. The summed E-state index contributed by atoms with van der Waals surface area (Å²) in [5.41, 5.74) is 7.97. The van der Waals surface area contributed by atoms with Crippen LogP contribution in [-0.2, 0) is 29.2 Å². The molecule has 34 heavy (non-hydrogen) atoms. The van der Waals surface area contributed by atoms with Crippen molar-refractivity contribution < 1.29 is 23.4 Å². The third kappa shape index (κ3) is 5.00. The molecule has 11 heteroatoms. The summed E-state index contributed by atoms with van der Waals surface area (Å²) in [6, 6.07) is 3.31. The van der Waals surface area contributed by atoms with Crippen LogP contribution in [0.15, 0.2) is 12.1 Å². The van der Waals surface area contributed by atoms with Crippen LogP contribution in [0.2, 0.25) is 0 Å². The van der Waals surface area contributed by atoms with Crippen molar-refractivity contribution >= 4 is 22.9 Å². The number of rotatable bonds is 7. The van der Waals surface area contributed by atoms with Crippen LogP contribution in [0.1, 0.15) is 48.4 Å². The number of benzene rings is 1. The monoisotopic (exact) mass is 474 g/mol. The van der Waals surface area contributed by atoms with Crippen molar-refractivity contribution in [2.75, 3.05) is 25.3 Å². The number of primary amides is 1. The van der Waals surface area contributed by atoms with E-state index >= 15 is 0 Å². The van der Waals surface area contributed by atoms with Crippen LogP contribution < -0.4 is 15.8 Å². The van der Waals surface area contributed by atoms with Gasteiger partial charge in [-0.3, -0.25) is 9.48 Å². The summed E-state index contributed by atoms with van der Waals surface area (Å²) >= 11 is 0. The molecule has 1 amide bonds. The van der Waals surface area contributed by atoms with Crippen LogP contribution in [0.4, 0.5) is 10.3 Å². The third-order valence-corrected chi connectivity index (χ3v) is 5.83. The molecule has 10 nitrogen and oxygen atoms in total. The molecule has 0 spiro atoms. The second kappa shape index (κ2) is 10.4. The first kappa shape index (κ1) is 24.0. The number of nitrogens with two attached hydrogens (primary N) is 1. The lowest BCUT2D eigenvalue weighted by Crippen LogP contribution is -2.15. The van der Waals surface area contributed by atoms with E-state index in [1.165, 1.54) is 0 Å². The molecule has 3 aromatic rings.